The van der Waals surface area contributed by atoms with Crippen LogP contribution < -0.4 is 0 Å². The highest BCUT2D eigenvalue weighted by Crippen LogP contribution is 2.24. The molecule has 0 radical (unpaired) electrons. The Labute approximate surface area is 111 Å². The number of thioether (sulfide) groups is 1. The van der Waals surface area contributed by atoms with Gasteiger partial charge < -0.3 is 0 Å². The maximum absolute atomic E-state index is 4.25. The molecule has 0 heterocycles. The molecule has 0 amide bonds. The molecule has 15 heavy (non-hydrogen) atoms. The van der Waals surface area contributed by atoms with Gasteiger partial charge in [0.2, 0.25) is 0 Å². The summed E-state index contributed by atoms with van der Waals surface area (Å²) in [6.45, 7) is 2.30. The molecule has 0 saturated carbocycles. The van der Waals surface area contributed by atoms with Gasteiger partial charge in [0.15, 0.2) is 0 Å². The molecule has 0 saturated heterocycles. The lowest BCUT2D eigenvalue weighted by atomic mass is 10.1. The van der Waals surface area contributed by atoms with Gasteiger partial charge in [-0.15, -0.1) is 11.8 Å². The standard InChI is InChI=1S/C12H17BrS2/c1-10(5-7-14)6-8-15-12-4-2-3-11(13)9-12/h2-4,9-10,14H,5-8H2,1H3. The van der Waals surface area contributed by atoms with Gasteiger partial charge >= 0.3 is 0 Å². The van der Waals surface area contributed by atoms with Crippen molar-refractivity contribution in [3.8, 4) is 0 Å². The van der Waals surface area contributed by atoms with Crippen LogP contribution in [0.4, 0.5) is 0 Å². The lowest BCUT2D eigenvalue weighted by Crippen LogP contribution is -1.97. The number of benzene rings is 1. The molecule has 1 rings (SSSR count). The van der Waals surface area contributed by atoms with Crippen LogP contribution >= 0.6 is 40.3 Å². The van der Waals surface area contributed by atoms with Crippen molar-refractivity contribution in [2.45, 2.75) is 24.7 Å². The molecular weight excluding hydrogens is 288 g/mol. The second kappa shape index (κ2) is 7.64. The largest absolute Gasteiger partial charge is 0.179 e. The van der Waals surface area contributed by atoms with Crippen molar-refractivity contribution < 1.29 is 0 Å². The van der Waals surface area contributed by atoms with Crippen LogP contribution in [-0.4, -0.2) is 11.5 Å². The summed E-state index contributed by atoms with van der Waals surface area (Å²) in [7, 11) is 0. The molecule has 0 aliphatic carbocycles. The first-order valence-corrected chi connectivity index (χ1v) is 7.62. The first-order chi connectivity index (χ1) is 7.22. The van der Waals surface area contributed by atoms with Gasteiger partial charge in [-0.05, 0) is 48.5 Å². The average Bonchev–Trinajstić information content (AvgIpc) is 2.18. The number of hydrogen-bond donors (Lipinski definition) is 1. The van der Waals surface area contributed by atoms with Crippen molar-refractivity contribution in [3.63, 3.8) is 0 Å². The van der Waals surface area contributed by atoms with E-state index in [4.69, 9.17) is 0 Å². The summed E-state index contributed by atoms with van der Waals surface area (Å²) in [5, 5.41) is 0. The van der Waals surface area contributed by atoms with Crippen LogP contribution in [0.15, 0.2) is 33.6 Å². The second-order valence-electron chi connectivity index (χ2n) is 3.71. The van der Waals surface area contributed by atoms with Crippen molar-refractivity contribution in [2.24, 2.45) is 5.92 Å². The van der Waals surface area contributed by atoms with E-state index in [2.05, 4.69) is 59.7 Å². The smallest absolute Gasteiger partial charge is 0.0186 e. The van der Waals surface area contributed by atoms with Crippen LogP contribution in [0.2, 0.25) is 0 Å². The lowest BCUT2D eigenvalue weighted by molar-refractivity contribution is 0.554. The number of thiol groups is 1. The van der Waals surface area contributed by atoms with Crippen LogP contribution in [0.3, 0.4) is 0 Å². The van der Waals surface area contributed by atoms with E-state index in [0.29, 0.717) is 0 Å². The highest BCUT2D eigenvalue weighted by atomic mass is 79.9. The molecule has 0 nitrogen and oxygen atoms in total. The molecule has 0 aliphatic rings. The average molecular weight is 305 g/mol. The minimum atomic E-state index is 0.794. The zero-order chi connectivity index (χ0) is 11.1. The van der Waals surface area contributed by atoms with Crippen molar-refractivity contribution in [1.29, 1.82) is 0 Å². The van der Waals surface area contributed by atoms with E-state index in [0.717, 1.165) is 16.1 Å². The highest BCUT2D eigenvalue weighted by molar-refractivity contribution is 9.10. The van der Waals surface area contributed by atoms with Gasteiger partial charge in [-0.2, -0.15) is 12.6 Å². The molecule has 0 bridgehead atoms. The zero-order valence-corrected chi connectivity index (χ0v) is 12.2. The number of halogens is 1. The summed E-state index contributed by atoms with van der Waals surface area (Å²) in [4.78, 5) is 1.35. The van der Waals surface area contributed by atoms with Gasteiger partial charge in [0.05, 0.1) is 0 Å². The molecule has 1 aromatic carbocycles. The Kier molecular flexibility index (Phi) is 6.86. The van der Waals surface area contributed by atoms with Gasteiger partial charge in [-0.3, -0.25) is 0 Å². The SMILES string of the molecule is CC(CCS)CCSc1cccc(Br)c1. The van der Waals surface area contributed by atoms with E-state index in [1.807, 2.05) is 11.8 Å². The molecule has 0 fully saturated rings. The van der Waals surface area contributed by atoms with Crippen molar-refractivity contribution in [3.05, 3.63) is 28.7 Å². The molecule has 1 atom stereocenters. The Balaban J connectivity index is 2.25. The monoisotopic (exact) mass is 304 g/mol. The maximum Gasteiger partial charge on any atom is 0.0186 e. The summed E-state index contributed by atoms with van der Waals surface area (Å²) in [5.74, 6) is 3.00. The summed E-state index contributed by atoms with van der Waals surface area (Å²) in [6.07, 6.45) is 2.50. The van der Waals surface area contributed by atoms with E-state index in [9.17, 15) is 0 Å². The molecular formula is C12H17BrS2. The maximum atomic E-state index is 4.25. The van der Waals surface area contributed by atoms with Crippen molar-refractivity contribution in [2.75, 3.05) is 11.5 Å². The van der Waals surface area contributed by atoms with Crippen LogP contribution in [0.25, 0.3) is 0 Å². The van der Waals surface area contributed by atoms with E-state index in [1.54, 1.807) is 0 Å². The normalized spacial score (nSPS) is 12.7. The minimum absolute atomic E-state index is 0.794. The fourth-order valence-electron chi connectivity index (χ4n) is 1.30. The summed E-state index contributed by atoms with van der Waals surface area (Å²) >= 11 is 9.67. The number of hydrogen-bond acceptors (Lipinski definition) is 2. The molecule has 84 valence electrons. The van der Waals surface area contributed by atoms with E-state index >= 15 is 0 Å². The molecule has 1 aromatic rings. The molecule has 0 aliphatic heterocycles. The quantitative estimate of drug-likeness (QED) is 0.577. The van der Waals surface area contributed by atoms with Crippen LogP contribution in [0.1, 0.15) is 19.8 Å². The van der Waals surface area contributed by atoms with Gasteiger partial charge in [0.1, 0.15) is 0 Å². The Bertz CT molecular complexity index is 289. The third kappa shape index (κ3) is 5.88. The predicted octanol–water partition coefficient (Wildman–Crippen LogP) is 4.89. The third-order valence-electron chi connectivity index (χ3n) is 2.30. The molecule has 0 N–H and O–H groups in total. The Morgan fingerprint density at radius 2 is 2.20 bits per heavy atom. The van der Waals surface area contributed by atoms with Crippen molar-refractivity contribution >= 4 is 40.3 Å². The number of rotatable bonds is 6. The van der Waals surface area contributed by atoms with Crippen LogP contribution in [-0.2, 0) is 0 Å². The Morgan fingerprint density at radius 1 is 1.40 bits per heavy atom. The van der Waals surface area contributed by atoms with Crippen LogP contribution in [0.5, 0.6) is 0 Å². The summed E-state index contributed by atoms with van der Waals surface area (Å²) in [5.41, 5.74) is 0. The fraction of sp³-hybridized carbons (Fsp3) is 0.500. The Morgan fingerprint density at radius 3 is 2.87 bits per heavy atom. The zero-order valence-electron chi connectivity index (χ0n) is 8.95. The highest BCUT2D eigenvalue weighted by Gasteiger charge is 2.01. The predicted molar refractivity (Wildman–Crippen MR) is 77.1 cm³/mol. The molecule has 0 spiro atoms. The van der Waals surface area contributed by atoms with Crippen molar-refractivity contribution in [1.82, 2.24) is 0 Å². The molecule has 0 aromatic heterocycles. The molecule has 3 heteroatoms. The van der Waals surface area contributed by atoms with E-state index in [1.165, 1.54) is 23.5 Å². The Hall–Kier alpha value is 0.400. The first kappa shape index (κ1) is 13.5. The lowest BCUT2D eigenvalue weighted by Gasteiger charge is -2.08. The van der Waals surface area contributed by atoms with E-state index < -0.39 is 0 Å². The topological polar surface area (TPSA) is 0 Å². The van der Waals surface area contributed by atoms with Crippen LogP contribution in [0, 0.1) is 5.92 Å². The van der Waals surface area contributed by atoms with E-state index in [-0.39, 0.29) is 0 Å². The first-order valence-electron chi connectivity index (χ1n) is 5.21. The second-order valence-corrected chi connectivity index (χ2v) is 6.24. The summed E-state index contributed by atoms with van der Waals surface area (Å²) < 4.78 is 1.16. The van der Waals surface area contributed by atoms with Gasteiger partial charge in [-0.25, -0.2) is 0 Å². The fourth-order valence-corrected chi connectivity index (χ4v) is 3.43. The molecule has 1 unspecified atom stereocenters. The van der Waals surface area contributed by atoms with Gasteiger partial charge in [0, 0.05) is 9.37 Å². The van der Waals surface area contributed by atoms with Gasteiger partial charge in [0.25, 0.3) is 0 Å². The van der Waals surface area contributed by atoms with Gasteiger partial charge in [-0.1, -0.05) is 28.9 Å². The summed E-state index contributed by atoms with van der Waals surface area (Å²) in [6, 6.07) is 8.49. The minimum Gasteiger partial charge on any atom is -0.179 e. The third-order valence-corrected chi connectivity index (χ3v) is 4.08.